The van der Waals surface area contributed by atoms with Gasteiger partial charge in [0.2, 0.25) is 0 Å². The van der Waals surface area contributed by atoms with Crippen LogP contribution in [0.3, 0.4) is 0 Å². The fourth-order valence-electron chi connectivity index (χ4n) is 2.44. The Morgan fingerprint density at radius 3 is 2.53 bits per heavy atom. The maximum atomic E-state index is 8.99. The molecule has 0 aliphatic carbocycles. The highest BCUT2D eigenvalue weighted by Crippen LogP contribution is 2.30. The van der Waals surface area contributed by atoms with Gasteiger partial charge in [-0.3, -0.25) is 0 Å². The Bertz CT molecular complexity index is 204. The molecule has 102 valence electrons. The van der Waals surface area contributed by atoms with Gasteiger partial charge in [-0.2, -0.15) is 0 Å². The summed E-state index contributed by atoms with van der Waals surface area (Å²) in [7, 11) is 2.09. The predicted octanol–water partition coefficient (Wildman–Crippen LogP) is 0.705. The molecule has 0 saturated carbocycles. The first kappa shape index (κ1) is 14.9. The van der Waals surface area contributed by atoms with Crippen LogP contribution in [0.1, 0.15) is 26.7 Å². The van der Waals surface area contributed by atoms with E-state index in [9.17, 15) is 0 Å². The van der Waals surface area contributed by atoms with E-state index in [4.69, 9.17) is 9.84 Å². The largest absolute Gasteiger partial charge is 0.395 e. The normalized spacial score (nSPS) is 20.1. The lowest BCUT2D eigenvalue weighted by Crippen LogP contribution is -2.48. The second-order valence-corrected chi connectivity index (χ2v) is 5.61. The van der Waals surface area contributed by atoms with Crippen molar-refractivity contribution in [2.45, 2.75) is 32.7 Å². The van der Waals surface area contributed by atoms with E-state index in [0.29, 0.717) is 11.5 Å². The third-order valence-electron chi connectivity index (χ3n) is 3.53. The third-order valence-corrected chi connectivity index (χ3v) is 3.53. The molecule has 1 aliphatic heterocycles. The minimum Gasteiger partial charge on any atom is -0.395 e. The lowest BCUT2D eigenvalue weighted by atomic mass is 9.79. The minimum absolute atomic E-state index is 0.237. The summed E-state index contributed by atoms with van der Waals surface area (Å²) in [6.45, 7) is 9.18. The molecule has 17 heavy (non-hydrogen) atoms. The van der Waals surface area contributed by atoms with E-state index in [1.165, 1.54) is 0 Å². The van der Waals surface area contributed by atoms with Crippen molar-refractivity contribution in [1.29, 1.82) is 0 Å². The molecule has 0 amide bonds. The molecule has 0 bridgehead atoms. The van der Waals surface area contributed by atoms with Crippen LogP contribution in [0.25, 0.3) is 0 Å². The van der Waals surface area contributed by atoms with Crippen molar-refractivity contribution in [3.8, 4) is 0 Å². The van der Waals surface area contributed by atoms with Crippen LogP contribution >= 0.6 is 0 Å². The fraction of sp³-hybridized carbons (Fsp3) is 1.00. The molecule has 4 nitrogen and oxygen atoms in total. The van der Waals surface area contributed by atoms with Crippen molar-refractivity contribution in [3.05, 3.63) is 0 Å². The van der Waals surface area contributed by atoms with Gasteiger partial charge in [-0.25, -0.2) is 0 Å². The Morgan fingerprint density at radius 1 is 1.35 bits per heavy atom. The van der Waals surface area contributed by atoms with Crippen LogP contribution in [0.5, 0.6) is 0 Å². The van der Waals surface area contributed by atoms with E-state index in [1.807, 2.05) is 0 Å². The molecule has 0 spiro atoms. The van der Waals surface area contributed by atoms with Crippen molar-refractivity contribution in [2.75, 3.05) is 46.5 Å². The Hall–Kier alpha value is -0.160. The second-order valence-electron chi connectivity index (χ2n) is 5.61. The number of aliphatic hydroxyl groups is 1. The molecule has 1 heterocycles. The molecule has 0 aromatic carbocycles. The summed E-state index contributed by atoms with van der Waals surface area (Å²) in [6.07, 6.45) is 2.23. The number of aliphatic hydroxyl groups excluding tert-OH is 1. The van der Waals surface area contributed by atoms with Gasteiger partial charge in [-0.15, -0.1) is 0 Å². The van der Waals surface area contributed by atoms with Gasteiger partial charge >= 0.3 is 0 Å². The molecular formula is C13H28N2O2. The number of ether oxygens (including phenoxy) is 1. The van der Waals surface area contributed by atoms with Crippen molar-refractivity contribution in [2.24, 2.45) is 5.41 Å². The average molecular weight is 244 g/mol. The first-order valence-corrected chi connectivity index (χ1v) is 6.68. The quantitative estimate of drug-likeness (QED) is 0.692. The lowest BCUT2D eigenvalue weighted by molar-refractivity contribution is -0.00307. The average Bonchev–Trinajstić information content (AvgIpc) is 2.28. The van der Waals surface area contributed by atoms with Crippen LogP contribution in [0, 0.1) is 5.41 Å². The highest BCUT2D eigenvalue weighted by molar-refractivity contribution is 4.87. The maximum Gasteiger partial charge on any atom is 0.0558 e. The summed E-state index contributed by atoms with van der Waals surface area (Å²) in [5.41, 5.74) is 0.312. The van der Waals surface area contributed by atoms with Gasteiger partial charge in [-0.1, -0.05) is 13.8 Å². The van der Waals surface area contributed by atoms with Crippen LogP contribution in [-0.2, 0) is 4.74 Å². The summed E-state index contributed by atoms with van der Waals surface area (Å²) in [5.74, 6) is 0. The summed E-state index contributed by atoms with van der Waals surface area (Å²) in [5, 5.41) is 12.5. The molecule has 1 fully saturated rings. The molecule has 2 N–H and O–H groups in total. The SMILES string of the molecule is CC(C)NCC1(CN(C)CCO)CCOCC1. The highest BCUT2D eigenvalue weighted by Gasteiger charge is 2.33. The Kier molecular flexibility index (Phi) is 6.41. The highest BCUT2D eigenvalue weighted by atomic mass is 16.5. The van der Waals surface area contributed by atoms with Gasteiger partial charge in [0.25, 0.3) is 0 Å². The van der Waals surface area contributed by atoms with E-state index >= 15 is 0 Å². The standard InChI is InChI=1S/C13H28N2O2/c1-12(2)14-10-13(4-8-17-9-5-13)11-15(3)6-7-16/h12,14,16H,4-11H2,1-3H3. The molecule has 0 aromatic heterocycles. The zero-order valence-corrected chi connectivity index (χ0v) is 11.5. The third kappa shape index (κ3) is 5.34. The smallest absolute Gasteiger partial charge is 0.0558 e. The van der Waals surface area contributed by atoms with Gasteiger partial charge in [0.05, 0.1) is 6.61 Å². The molecule has 0 aromatic rings. The molecule has 0 radical (unpaired) electrons. The Labute approximate surface area is 105 Å². The number of rotatable bonds is 7. The molecule has 4 heteroatoms. The summed E-state index contributed by atoms with van der Waals surface area (Å²) < 4.78 is 5.48. The van der Waals surface area contributed by atoms with E-state index < -0.39 is 0 Å². The van der Waals surface area contributed by atoms with Crippen LogP contribution in [-0.4, -0.2) is 62.6 Å². The Balaban J connectivity index is 2.51. The predicted molar refractivity (Wildman–Crippen MR) is 70.2 cm³/mol. The second kappa shape index (κ2) is 7.31. The molecule has 0 unspecified atom stereocenters. The first-order chi connectivity index (χ1) is 8.08. The number of hydrogen-bond donors (Lipinski definition) is 2. The van der Waals surface area contributed by atoms with Crippen LogP contribution in [0.4, 0.5) is 0 Å². The zero-order chi connectivity index (χ0) is 12.7. The molecule has 0 atom stereocenters. The number of likely N-dealkylation sites (N-methyl/N-ethyl adjacent to an activating group) is 1. The van der Waals surface area contributed by atoms with E-state index in [1.54, 1.807) is 0 Å². The lowest BCUT2D eigenvalue weighted by Gasteiger charge is -2.40. The molecule has 1 rings (SSSR count). The maximum absolute atomic E-state index is 8.99. The monoisotopic (exact) mass is 244 g/mol. The van der Waals surface area contributed by atoms with Gasteiger partial charge < -0.3 is 20.1 Å². The number of nitrogens with one attached hydrogen (secondary N) is 1. The topological polar surface area (TPSA) is 44.7 Å². The molecule has 1 saturated heterocycles. The Morgan fingerprint density at radius 2 is 2.00 bits per heavy atom. The van der Waals surface area contributed by atoms with Crippen molar-refractivity contribution in [1.82, 2.24) is 10.2 Å². The summed E-state index contributed by atoms with van der Waals surface area (Å²) in [6, 6.07) is 0.526. The van der Waals surface area contributed by atoms with Crippen LogP contribution in [0.2, 0.25) is 0 Å². The van der Waals surface area contributed by atoms with Gasteiger partial charge in [-0.05, 0) is 25.3 Å². The first-order valence-electron chi connectivity index (χ1n) is 6.68. The number of hydrogen-bond acceptors (Lipinski definition) is 4. The van der Waals surface area contributed by atoms with Gasteiger partial charge in [0, 0.05) is 38.9 Å². The summed E-state index contributed by atoms with van der Waals surface area (Å²) >= 11 is 0. The van der Waals surface area contributed by atoms with Crippen molar-refractivity contribution < 1.29 is 9.84 Å². The zero-order valence-electron chi connectivity index (χ0n) is 11.5. The number of nitrogens with zero attached hydrogens (tertiary/aromatic N) is 1. The minimum atomic E-state index is 0.237. The van der Waals surface area contributed by atoms with Gasteiger partial charge in [0.15, 0.2) is 0 Å². The van der Waals surface area contributed by atoms with Gasteiger partial charge in [0.1, 0.15) is 0 Å². The fourth-order valence-corrected chi connectivity index (χ4v) is 2.44. The summed E-state index contributed by atoms with van der Waals surface area (Å²) in [4.78, 5) is 2.23. The van der Waals surface area contributed by atoms with E-state index in [-0.39, 0.29) is 6.61 Å². The van der Waals surface area contributed by atoms with Crippen LogP contribution in [0.15, 0.2) is 0 Å². The molecule has 1 aliphatic rings. The van der Waals surface area contributed by atoms with Crippen LogP contribution < -0.4 is 5.32 Å². The van der Waals surface area contributed by atoms with E-state index in [0.717, 1.165) is 45.7 Å². The van der Waals surface area contributed by atoms with Crippen molar-refractivity contribution >= 4 is 0 Å². The molecular weight excluding hydrogens is 216 g/mol. The van der Waals surface area contributed by atoms with Crippen molar-refractivity contribution in [3.63, 3.8) is 0 Å². The van der Waals surface area contributed by atoms with E-state index in [2.05, 4.69) is 31.1 Å².